The SMILES string of the molecule is NC(=O)CCC(N)C(=O)CCC(=O)O.NC(=O)CCC(NC(=O)Cc1ccc(C2(C(F)(F)F)N=N2)cc1)C(=O)CCC(=O)O.O=C(Cc1ccc(C2(C(F)(F)F)N=N2)cc1)ON1C(=O)CCC1=O. The van der Waals surface area contributed by atoms with Gasteiger partial charge in [0.05, 0.1) is 37.8 Å². The van der Waals surface area contributed by atoms with E-state index in [9.17, 15) is 74.3 Å². The first-order chi connectivity index (χ1) is 31.6. The average molecular weight is 972 g/mol. The van der Waals surface area contributed by atoms with Crippen molar-refractivity contribution >= 4 is 59.0 Å². The summed E-state index contributed by atoms with van der Waals surface area (Å²) in [5, 5.41) is 32.1. The van der Waals surface area contributed by atoms with Crippen LogP contribution in [0.25, 0.3) is 0 Å². The van der Waals surface area contributed by atoms with Crippen molar-refractivity contribution in [3.05, 3.63) is 70.8 Å². The van der Waals surface area contributed by atoms with Gasteiger partial charge in [0.2, 0.25) is 17.7 Å². The number of carboxylic acid groups (broad SMARTS) is 2. The quantitative estimate of drug-likeness (QED) is 0.0730. The number of aliphatic carboxylic acids is 2. The largest absolute Gasteiger partial charge is 0.481 e. The van der Waals surface area contributed by atoms with Gasteiger partial charge in [-0.25, -0.2) is 4.79 Å². The molecular weight excluding hydrogens is 928 g/mol. The Kier molecular flexibility index (Phi) is 18.8. The Morgan fingerprint density at radius 3 is 1.41 bits per heavy atom. The van der Waals surface area contributed by atoms with Gasteiger partial charge in [0.1, 0.15) is 5.78 Å². The summed E-state index contributed by atoms with van der Waals surface area (Å²) < 4.78 is 77.6. The Morgan fingerprint density at radius 1 is 0.632 bits per heavy atom. The molecule has 5 amide bonds. The molecular formula is C40H43F6N9O13. The van der Waals surface area contributed by atoms with Gasteiger partial charge < -0.3 is 37.6 Å². The van der Waals surface area contributed by atoms with E-state index >= 15 is 0 Å². The van der Waals surface area contributed by atoms with Crippen LogP contribution in [0.15, 0.2) is 69.0 Å². The number of nitrogens with zero attached hydrogens (tertiary/aromatic N) is 5. The van der Waals surface area contributed by atoms with E-state index in [4.69, 9.17) is 27.4 Å². The van der Waals surface area contributed by atoms with Crippen LogP contribution in [0.5, 0.6) is 0 Å². The highest BCUT2D eigenvalue weighted by Gasteiger charge is 2.66. The van der Waals surface area contributed by atoms with Crippen LogP contribution in [0.4, 0.5) is 26.3 Å². The molecule has 68 heavy (non-hydrogen) atoms. The minimum absolute atomic E-state index is 0.0205. The highest BCUT2D eigenvalue weighted by Crippen LogP contribution is 2.53. The Balaban J connectivity index is 0.000000288. The second kappa shape index (κ2) is 23.3. The minimum atomic E-state index is -4.66. The van der Waals surface area contributed by atoms with Crippen molar-refractivity contribution in [2.75, 3.05) is 0 Å². The van der Waals surface area contributed by atoms with Gasteiger partial charge >= 0.3 is 41.6 Å². The molecule has 1 fully saturated rings. The molecule has 3 heterocycles. The maximum Gasteiger partial charge on any atom is 0.442 e. The molecule has 2 aromatic rings. The number of hydrogen-bond acceptors (Lipinski definition) is 16. The summed E-state index contributed by atoms with van der Waals surface area (Å²) in [7, 11) is 0. The summed E-state index contributed by atoms with van der Waals surface area (Å²) in [5.74, 6) is -7.04. The summed E-state index contributed by atoms with van der Waals surface area (Å²) in [6, 6.07) is 8.03. The van der Waals surface area contributed by atoms with Crippen LogP contribution in [-0.4, -0.2) is 98.7 Å². The highest BCUT2D eigenvalue weighted by molar-refractivity contribution is 6.01. The molecule has 368 valence electrons. The molecule has 0 bridgehead atoms. The fourth-order valence-electron chi connectivity index (χ4n) is 5.86. The number of alkyl halides is 6. The lowest BCUT2D eigenvalue weighted by atomic mass is 9.99. The van der Waals surface area contributed by atoms with Gasteiger partial charge in [-0.3, -0.25) is 43.2 Å². The standard InChI is InChI=1S/C18H19F3N4O5.C14H10F3N3O4.C8H14N2O4/c19-18(20,21)17(24-25-17)11-3-1-10(2-4-11)9-15(28)23-12(5-7-14(22)27)13(26)6-8-16(29)30;15-14(16,17)13(18-19-13)9-3-1-8(2-4-9)7-12(23)24-20-10(21)5-6-11(20)22;9-5(1-3-7(10)12)6(11)2-4-8(13)14/h1-4,12H,5-9H2,(H2,22,27)(H,23,28)(H,29,30);1-4H,5-7H2;5H,1-4,9H2,(H2,10,12)(H,13,14). The predicted molar refractivity (Wildman–Crippen MR) is 213 cm³/mol. The zero-order valence-electron chi connectivity index (χ0n) is 35.4. The number of nitrogens with two attached hydrogens (primary N) is 3. The van der Waals surface area contributed by atoms with E-state index in [0.717, 1.165) is 0 Å². The fourth-order valence-corrected chi connectivity index (χ4v) is 5.86. The van der Waals surface area contributed by atoms with Gasteiger partial charge in [-0.05, 0) is 24.0 Å². The minimum Gasteiger partial charge on any atom is -0.481 e. The third-order valence-corrected chi connectivity index (χ3v) is 9.70. The number of primary amides is 2. The molecule has 22 nitrogen and oxygen atoms in total. The second-order valence-electron chi connectivity index (χ2n) is 15.0. The molecule has 2 atom stereocenters. The number of halogens is 6. The fraction of sp³-hybridized carbons (Fsp3) is 0.450. The molecule has 2 unspecified atom stereocenters. The Labute approximate surface area is 379 Å². The first-order valence-corrected chi connectivity index (χ1v) is 20.0. The number of carbonyl (C=O) groups is 10. The summed E-state index contributed by atoms with van der Waals surface area (Å²) in [5.41, 5.74) is 10.7. The van der Waals surface area contributed by atoms with E-state index in [2.05, 4.69) is 30.6 Å². The van der Waals surface area contributed by atoms with Crippen molar-refractivity contribution in [2.45, 2.75) is 113 Å². The number of imide groups is 1. The van der Waals surface area contributed by atoms with Crippen LogP contribution in [0, 0.1) is 0 Å². The van der Waals surface area contributed by atoms with E-state index in [-0.39, 0.29) is 87.5 Å². The van der Waals surface area contributed by atoms with Crippen LogP contribution in [0.2, 0.25) is 0 Å². The molecule has 1 saturated heterocycles. The lowest BCUT2D eigenvalue weighted by Gasteiger charge is -2.17. The third kappa shape index (κ3) is 16.1. The number of carboxylic acids is 2. The van der Waals surface area contributed by atoms with Gasteiger partial charge in [0.15, 0.2) is 5.78 Å². The molecule has 0 spiro atoms. The number of hydrogen-bond donors (Lipinski definition) is 6. The number of ketones is 2. The summed E-state index contributed by atoms with van der Waals surface area (Å²) >= 11 is 0. The smallest absolute Gasteiger partial charge is 0.442 e. The van der Waals surface area contributed by atoms with E-state index < -0.39 is 95.4 Å². The second-order valence-corrected chi connectivity index (χ2v) is 15.0. The number of hydroxylamine groups is 2. The number of rotatable bonds is 22. The molecule has 0 radical (unpaired) electrons. The molecule has 5 rings (SSSR count). The van der Waals surface area contributed by atoms with Crippen molar-refractivity contribution < 1.29 is 89.3 Å². The zero-order valence-corrected chi connectivity index (χ0v) is 35.4. The van der Waals surface area contributed by atoms with Crippen LogP contribution < -0.4 is 22.5 Å². The lowest BCUT2D eigenvalue weighted by Crippen LogP contribution is -2.42. The maximum absolute atomic E-state index is 13.0. The molecule has 0 aliphatic carbocycles. The number of benzene rings is 2. The van der Waals surface area contributed by atoms with Crippen LogP contribution >= 0.6 is 0 Å². The van der Waals surface area contributed by atoms with Crippen molar-refractivity contribution in [3.63, 3.8) is 0 Å². The maximum atomic E-state index is 13.0. The lowest BCUT2D eigenvalue weighted by molar-refractivity contribution is -0.197. The van der Waals surface area contributed by atoms with Crippen molar-refractivity contribution in [2.24, 2.45) is 37.7 Å². The molecule has 0 aromatic heterocycles. The molecule has 0 saturated carbocycles. The predicted octanol–water partition coefficient (Wildman–Crippen LogP) is 2.62. The van der Waals surface area contributed by atoms with Crippen LogP contribution in [0.1, 0.15) is 86.5 Å². The third-order valence-electron chi connectivity index (χ3n) is 9.70. The Morgan fingerprint density at radius 2 is 1.03 bits per heavy atom. The van der Waals surface area contributed by atoms with Gasteiger partial charge in [-0.15, -0.1) is 25.5 Å². The Hall–Kier alpha value is -7.52. The van der Waals surface area contributed by atoms with Crippen molar-refractivity contribution in [1.82, 2.24) is 10.4 Å². The topological polar surface area (TPSA) is 363 Å². The van der Waals surface area contributed by atoms with Crippen molar-refractivity contribution in [3.8, 4) is 0 Å². The first kappa shape index (κ1) is 54.8. The molecule has 3 aliphatic rings. The number of nitrogens with one attached hydrogen (secondary N) is 1. The van der Waals surface area contributed by atoms with Gasteiger partial charge in [-0.1, -0.05) is 48.5 Å². The van der Waals surface area contributed by atoms with E-state index in [0.29, 0.717) is 16.2 Å². The molecule has 9 N–H and O–H groups in total. The van der Waals surface area contributed by atoms with Gasteiger partial charge in [0, 0.05) is 49.7 Å². The van der Waals surface area contributed by atoms with Crippen LogP contribution in [-0.2, 0) is 77.0 Å². The normalized spacial score (nSPS) is 15.9. The van der Waals surface area contributed by atoms with Crippen LogP contribution in [0.3, 0.4) is 0 Å². The summed E-state index contributed by atoms with van der Waals surface area (Å²) in [6.07, 6.45) is -11.0. The molecule has 28 heteroatoms. The number of amides is 5. The Bertz CT molecular complexity index is 2290. The average Bonchev–Trinajstić information content (AvgIpc) is 4.19. The number of Topliss-reactive ketones (excluding diaryl/α,β-unsaturated/α-hetero) is 2. The molecule has 3 aliphatic heterocycles. The molecule has 2 aromatic carbocycles. The number of carbonyl (C=O) groups excluding carboxylic acids is 8. The van der Waals surface area contributed by atoms with E-state index in [1.165, 1.54) is 48.5 Å². The summed E-state index contributed by atoms with van der Waals surface area (Å²) in [6.45, 7) is 0. The van der Waals surface area contributed by atoms with Crippen molar-refractivity contribution in [1.29, 1.82) is 0 Å². The zero-order chi connectivity index (χ0) is 51.2. The first-order valence-electron chi connectivity index (χ1n) is 20.0. The van der Waals surface area contributed by atoms with E-state index in [1.54, 1.807) is 0 Å². The van der Waals surface area contributed by atoms with Gasteiger partial charge in [0.25, 0.3) is 11.8 Å². The van der Waals surface area contributed by atoms with Gasteiger partial charge in [-0.2, -0.15) is 26.3 Å². The summed E-state index contributed by atoms with van der Waals surface area (Å²) in [4.78, 5) is 117. The monoisotopic (exact) mass is 971 g/mol. The van der Waals surface area contributed by atoms with E-state index in [1.807, 2.05) is 0 Å². The highest BCUT2D eigenvalue weighted by atomic mass is 19.4.